The van der Waals surface area contributed by atoms with Crippen LogP contribution in [0.1, 0.15) is 22.9 Å². The number of methoxy groups -OCH3 is 1. The van der Waals surface area contributed by atoms with Crippen LogP contribution in [-0.4, -0.2) is 51.7 Å². The Bertz CT molecular complexity index is 1610. The number of rotatable bonds is 9. The standard InChI is InChI=1S/C29H24BrFN4O6/c1-40-27(37)15-20-14-18(2-11-25(20)35(38)39)12-13-33-26(36)17-41-29(33)24-16-34(23-9-5-21(30)6-10-23)32-28(24)19-3-7-22(31)8-4-19/h2-11,14,16,29H,12-13,15,17H2,1H3. The Labute approximate surface area is 242 Å². The lowest BCUT2D eigenvalue weighted by atomic mass is 10.0. The number of esters is 1. The summed E-state index contributed by atoms with van der Waals surface area (Å²) in [7, 11) is 1.22. The van der Waals surface area contributed by atoms with E-state index in [0.717, 1.165) is 10.2 Å². The molecule has 210 valence electrons. The molecule has 41 heavy (non-hydrogen) atoms. The van der Waals surface area contributed by atoms with Gasteiger partial charge in [-0.2, -0.15) is 5.10 Å². The highest BCUT2D eigenvalue weighted by atomic mass is 79.9. The first-order chi connectivity index (χ1) is 19.7. The van der Waals surface area contributed by atoms with E-state index in [-0.39, 0.29) is 42.5 Å². The molecule has 1 aromatic heterocycles. The van der Waals surface area contributed by atoms with Crippen molar-refractivity contribution in [3.8, 4) is 16.9 Å². The van der Waals surface area contributed by atoms with Crippen molar-refractivity contribution in [3.63, 3.8) is 0 Å². The van der Waals surface area contributed by atoms with Crippen LogP contribution in [-0.2, 0) is 31.9 Å². The third-order valence-electron chi connectivity index (χ3n) is 6.73. The molecule has 0 saturated carbocycles. The molecule has 1 atom stereocenters. The smallest absolute Gasteiger partial charge is 0.310 e. The van der Waals surface area contributed by atoms with Crippen molar-refractivity contribution >= 4 is 33.5 Å². The van der Waals surface area contributed by atoms with Gasteiger partial charge in [-0.15, -0.1) is 0 Å². The molecule has 10 nitrogen and oxygen atoms in total. The third-order valence-corrected chi connectivity index (χ3v) is 7.26. The Morgan fingerprint density at radius 1 is 1.17 bits per heavy atom. The highest BCUT2D eigenvalue weighted by Gasteiger charge is 2.36. The van der Waals surface area contributed by atoms with Gasteiger partial charge in [0.2, 0.25) is 0 Å². The molecule has 0 N–H and O–H groups in total. The highest BCUT2D eigenvalue weighted by molar-refractivity contribution is 9.10. The largest absolute Gasteiger partial charge is 0.469 e. The minimum Gasteiger partial charge on any atom is -0.469 e. The number of benzene rings is 3. The number of nitro groups is 1. The monoisotopic (exact) mass is 622 g/mol. The van der Waals surface area contributed by atoms with Crippen LogP contribution in [0.15, 0.2) is 77.4 Å². The Kier molecular flexibility index (Phi) is 8.22. The van der Waals surface area contributed by atoms with E-state index in [2.05, 4.69) is 20.7 Å². The molecule has 1 amide bonds. The van der Waals surface area contributed by atoms with Crippen molar-refractivity contribution in [2.24, 2.45) is 0 Å². The predicted molar refractivity (Wildman–Crippen MR) is 150 cm³/mol. The van der Waals surface area contributed by atoms with Crippen LogP contribution >= 0.6 is 15.9 Å². The summed E-state index contributed by atoms with van der Waals surface area (Å²) in [6.07, 6.45) is 1.13. The number of halogens is 2. The summed E-state index contributed by atoms with van der Waals surface area (Å²) >= 11 is 3.43. The topological polar surface area (TPSA) is 117 Å². The molecule has 5 rings (SSSR count). The van der Waals surface area contributed by atoms with Gasteiger partial charge in [0.1, 0.15) is 18.1 Å². The zero-order valence-corrected chi connectivity index (χ0v) is 23.4. The Balaban J connectivity index is 1.46. The van der Waals surface area contributed by atoms with E-state index in [4.69, 9.17) is 9.84 Å². The molecule has 3 aromatic carbocycles. The van der Waals surface area contributed by atoms with Crippen LogP contribution in [0.3, 0.4) is 0 Å². The molecule has 4 aromatic rings. The van der Waals surface area contributed by atoms with Gasteiger partial charge in [-0.25, -0.2) is 9.07 Å². The number of aromatic nitrogens is 2. The van der Waals surface area contributed by atoms with Gasteiger partial charge in [0.25, 0.3) is 11.6 Å². The van der Waals surface area contributed by atoms with E-state index in [0.29, 0.717) is 28.8 Å². The number of carbonyl (C=O) groups is 2. The van der Waals surface area contributed by atoms with E-state index in [9.17, 15) is 24.1 Å². The second-order valence-corrected chi connectivity index (χ2v) is 10.3. The number of hydrogen-bond acceptors (Lipinski definition) is 7. The van der Waals surface area contributed by atoms with E-state index < -0.39 is 17.1 Å². The molecule has 0 aliphatic carbocycles. The molecule has 2 heterocycles. The van der Waals surface area contributed by atoms with Crippen molar-refractivity contribution in [3.05, 3.63) is 110 Å². The van der Waals surface area contributed by atoms with Gasteiger partial charge in [-0.3, -0.25) is 19.7 Å². The number of ether oxygens (including phenoxy) is 2. The summed E-state index contributed by atoms with van der Waals surface area (Å²) < 4.78 is 26.9. The van der Waals surface area contributed by atoms with E-state index >= 15 is 0 Å². The van der Waals surface area contributed by atoms with Gasteiger partial charge < -0.3 is 14.4 Å². The minimum atomic E-state index is -0.765. The fourth-order valence-electron chi connectivity index (χ4n) is 4.67. The van der Waals surface area contributed by atoms with Gasteiger partial charge in [-0.1, -0.05) is 22.0 Å². The number of hydrogen-bond donors (Lipinski definition) is 0. The molecule has 1 saturated heterocycles. The van der Waals surface area contributed by atoms with Crippen LogP contribution in [0.25, 0.3) is 16.9 Å². The second-order valence-electron chi connectivity index (χ2n) is 9.33. The summed E-state index contributed by atoms with van der Waals surface area (Å²) in [5.41, 5.74) is 3.35. The molecule has 12 heteroatoms. The third kappa shape index (κ3) is 6.18. The fraction of sp³-hybridized carbons (Fsp3) is 0.207. The number of carbonyl (C=O) groups excluding carboxylic acids is 2. The van der Waals surface area contributed by atoms with Crippen molar-refractivity contribution in [1.82, 2.24) is 14.7 Å². The lowest BCUT2D eigenvalue weighted by molar-refractivity contribution is -0.385. The zero-order chi connectivity index (χ0) is 29.1. The average molecular weight is 623 g/mol. The van der Waals surface area contributed by atoms with Crippen LogP contribution < -0.4 is 0 Å². The minimum absolute atomic E-state index is 0.134. The van der Waals surface area contributed by atoms with Gasteiger partial charge in [0.05, 0.1) is 24.1 Å². The Morgan fingerprint density at radius 3 is 2.59 bits per heavy atom. The highest BCUT2D eigenvalue weighted by Crippen LogP contribution is 2.36. The number of amides is 1. The van der Waals surface area contributed by atoms with Crippen molar-refractivity contribution in [2.75, 3.05) is 20.3 Å². The maximum absolute atomic E-state index is 13.7. The molecule has 1 fully saturated rings. The first-order valence-electron chi connectivity index (χ1n) is 12.6. The lowest BCUT2D eigenvalue weighted by Crippen LogP contribution is -2.30. The summed E-state index contributed by atoms with van der Waals surface area (Å²) in [5.74, 6) is -1.20. The lowest BCUT2D eigenvalue weighted by Gasteiger charge is -2.23. The molecular formula is C29H24BrFN4O6. The predicted octanol–water partition coefficient (Wildman–Crippen LogP) is 5.16. The summed E-state index contributed by atoms with van der Waals surface area (Å²) in [4.78, 5) is 37.3. The van der Waals surface area contributed by atoms with Crippen molar-refractivity contribution < 1.29 is 28.4 Å². The van der Waals surface area contributed by atoms with E-state index in [1.165, 1.54) is 25.3 Å². The van der Waals surface area contributed by atoms with E-state index in [1.807, 2.05) is 24.3 Å². The second kappa shape index (κ2) is 12.0. The number of nitrogens with zero attached hydrogens (tertiary/aromatic N) is 4. The summed E-state index contributed by atoms with van der Waals surface area (Å²) in [6, 6.07) is 18.0. The molecule has 0 radical (unpaired) electrons. The molecule has 1 aliphatic rings. The average Bonchev–Trinajstić information content (AvgIpc) is 3.56. The Morgan fingerprint density at radius 2 is 1.90 bits per heavy atom. The molecule has 1 aliphatic heterocycles. The summed E-state index contributed by atoms with van der Waals surface area (Å²) in [5, 5.41) is 16.2. The Hall–Kier alpha value is -4.42. The van der Waals surface area contributed by atoms with Crippen LogP contribution in [0, 0.1) is 15.9 Å². The van der Waals surface area contributed by atoms with Gasteiger partial charge >= 0.3 is 5.97 Å². The van der Waals surface area contributed by atoms with Crippen molar-refractivity contribution in [1.29, 1.82) is 0 Å². The molecule has 0 spiro atoms. The van der Waals surface area contributed by atoms with Crippen LogP contribution in [0.4, 0.5) is 10.1 Å². The summed E-state index contributed by atoms with van der Waals surface area (Å²) in [6.45, 7) is 0.107. The van der Waals surface area contributed by atoms with Gasteiger partial charge in [0.15, 0.2) is 6.23 Å². The maximum Gasteiger partial charge on any atom is 0.310 e. The molecular weight excluding hydrogens is 599 g/mol. The quantitative estimate of drug-likeness (QED) is 0.144. The fourth-order valence-corrected chi connectivity index (χ4v) is 4.94. The van der Waals surface area contributed by atoms with Crippen LogP contribution in [0.5, 0.6) is 0 Å². The SMILES string of the molecule is COC(=O)Cc1cc(CCN2C(=O)COC2c2cn(-c3ccc(Br)cc3)nc2-c2ccc(F)cc2)ccc1[N+](=O)[O-]. The van der Waals surface area contributed by atoms with Crippen molar-refractivity contribution in [2.45, 2.75) is 19.1 Å². The molecule has 1 unspecified atom stereocenters. The van der Waals surface area contributed by atoms with Gasteiger partial charge in [0, 0.05) is 40.0 Å². The first kappa shape index (κ1) is 28.1. The van der Waals surface area contributed by atoms with Crippen LogP contribution in [0.2, 0.25) is 0 Å². The number of nitro benzene ring substituents is 1. The maximum atomic E-state index is 13.7. The molecule has 0 bridgehead atoms. The van der Waals surface area contributed by atoms with Gasteiger partial charge in [-0.05, 0) is 66.6 Å². The normalized spacial score (nSPS) is 14.9. The first-order valence-corrected chi connectivity index (χ1v) is 13.4. The zero-order valence-electron chi connectivity index (χ0n) is 21.8. The van der Waals surface area contributed by atoms with E-state index in [1.54, 1.807) is 40.0 Å².